The Hall–Kier alpha value is -1.52. The fourth-order valence-electron chi connectivity index (χ4n) is 2.45. The van der Waals surface area contributed by atoms with Crippen molar-refractivity contribution in [3.05, 3.63) is 18.2 Å². The van der Waals surface area contributed by atoms with Crippen LogP contribution in [-0.4, -0.2) is 20.3 Å². The first-order valence-corrected chi connectivity index (χ1v) is 6.55. The molecule has 19 heavy (non-hydrogen) atoms. The average Bonchev–Trinajstić information content (AvgIpc) is 2.89. The third-order valence-corrected chi connectivity index (χ3v) is 3.45. The topological polar surface area (TPSA) is 30.5 Å². The zero-order valence-corrected chi connectivity index (χ0v) is 11.0. The van der Waals surface area contributed by atoms with Gasteiger partial charge in [-0.2, -0.15) is 8.78 Å². The Bertz CT molecular complexity index is 406. The minimum Gasteiger partial charge on any atom is -0.493 e. The minimum absolute atomic E-state index is 0.0638. The van der Waals surface area contributed by atoms with Crippen molar-refractivity contribution in [1.82, 2.24) is 0 Å². The summed E-state index contributed by atoms with van der Waals surface area (Å²) in [6, 6.07) is 5.00. The summed E-state index contributed by atoms with van der Waals surface area (Å²) in [4.78, 5) is 0. The maximum absolute atomic E-state index is 12.3. The van der Waals surface area contributed by atoms with Crippen LogP contribution in [0.15, 0.2) is 18.2 Å². The Morgan fingerprint density at radius 2 is 2.00 bits per heavy atom. The highest BCUT2D eigenvalue weighted by atomic mass is 19.3. The number of alkyl halides is 2. The molecule has 1 saturated carbocycles. The van der Waals surface area contributed by atoms with Gasteiger partial charge in [-0.3, -0.25) is 0 Å². The van der Waals surface area contributed by atoms with Gasteiger partial charge in [-0.15, -0.1) is 0 Å². The molecule has 0 amide bonds. The van der Waals surface area contributed by atoms with Gasteiger partial charge in [0.1, 0.15) is 0 Å². The summed E-state index contributed by atoms with van der Waals surface area (Å²) < 4.78 is 34.0. The molecular weight excluding hydrogens is 252 g/mol. The normalized spacial score (nSPS) is 15.8. The molecule has 0 aromatic heterocycles. The Balaban J connectivity index is 1.99. The lowest BCUT2D eigenvalue weighted by atomic mass is 10.1. The van der Waals surface area contributed by atoms with E-state index >= 15 is 0 Å². The van der Waals surface area contributed by atoms with Crippen LogP contribution in [0.1, 0.15) is 25.7 Å². The lowest BCUT2D eigenvalue weighted by Gasteiger charge is -2.14. The van der Waals surface area contributed by atoms with Crippen LogP contribution in [0, 0.1) is 5.92 Å². The van der Waals surface area contributed by atoms with Gasteiger partial charge in [-0.05, 0) is 30.9 Å². The monoisotopic (exact) mass is 271 g/mol. The standard InChI is InChI=1S/C14H19F2NO2/c1-18-12-7-6-11(8-13(12)19-14(15)16)17-9-10-4-2-3-5-10/h6-8,10,14,17H,2-5,9H2,1H3. The zero-order valence-electron chi connectivity index (χ0n) is 11.0. The van der Waals surface area contributed by atoms with E-state index in [0.29, 0.717) is 11.7 Å². The Morgan fingerprint density at radius 3 is 2.63 bits per heavy atom. The van der Waals surface area contributed by atoms with E-state index in [1.165, 1.54) is 32.8 Å². The van der Waals surface area contributed by atoms with Crippen molar-refractivity contribution in [1.29, 1.82) is 0 Å². The molecule has 0 saturated heterocycles. The molecule has 0 radical (unpaired) electrons. The van der Waals surface area contributed by atoms with Crippen molar-refractivity contribution in [3.8, 4) is 11.5 Å². The van der Waals surface area contributed by atoms with Crippen LogP contribution in [0.5, 0.6) is 11.5 Å². The molecule has 1 fully saturated rings. The Labute approximate surface area is 111 Å². The zero-order chi connectivity index (χ0) is 13.7. The summed E-state index contributed by atoms with van der Waals surface area (Å²) in [5.41, 5.74) is 0.781. The van der Waals surface area contributed by atoms with E-state index in [1.807, 2.05) is 6.07 Å². The number of hydrogen-bond acceptors (Lipinski definition) is 3. The maximum atomic E-state index is 12.3. The second-order valence-electron chi connectivity index (χ2n) is 4.78. The van der Waals surface area contributed by atoms with Crippen molar-refractivity contribution in [2.45, 2.75) is 32.3 Å². The van der Waals surface area contributed by atoms with Gasteiger partial charge in [0.25, 0.3) is 0 Å². The van der Waals surface area contributed by atoms with Crippen LogP contribution >= 0.6 is 0 Å². The van der Waals surface area contributed by atoms with Gasteiger partial charge in [0.15, 0.2) is 11.5 Å². The molecule has 5 heteroatoms. The van der Waals surface area contributed by atoms with Gasteiger partial charge in [0, 0.05) is 18.3 Å². The number of nitrogens with one attached hydrogen (secondary N) is 1. The first kappa shape index (κ1) is 13.9. The molecule has 1 N–H and O–H groups in total. The number of halogens is 2. The van der Waals surface area contributed by atoms with Crippen molar-refractivity contribution >= 4 is 5.69 Å². The van der Waals surface area contributed by atoms with E-state index < -0.39 is 6.61 Å². The maximum Gasteiger partial charge on any atom is 0.387 e. The van der Waals surface area contributed by atoms with E-state index in [9.17, 15) is 8.78 Å². The van der Waals surface area contributed by atoms with Crippen LogP contribution in [0.25, 0.3) is 0 Å². The fourth-order valence-corrected chi connectivity index (χ4v) is 2.45. The molecule has 3 nitrogen and oxygen atoms in total. The second-order valence-corrected chi connectivity index (χ2v) is 4.78. The highest BCUT2D eigenvalue weighted by molar-refractivity contribution is 5.54. The smallest absolute Gasteiger partial charge is 0.387 e. The fraction of sp³-hybridized carbons (Fsp3) is 0.571. The van der Waals surface area contributed by atoms with Crippen molar-refractivity contribution in [2.24, 2.45) is 5.92 Å². The summed E-state index contributed by atoms with van der Waals surface area (Å²) in [5.74, 6) is 1.06. The first-order chi connectivity index (χ1) is 9.19. The SMILES string of the molecule is COc1ccc(NCC2CCCC2)cc1OC(F)F. The molecule has 106 valence electrons. The predicted molar refractivity (Wildman–Crippen MR) is 70.1 cm³/mol. The van der Waals surface area contributed by atoms with Crippen LogP contribution in [-0.2, 0) is 0 Å². The van der Waals surface area contributed by atoms with Crippen molar-refractivity contribution in [2.75, 3.05) is 19.0 Å². The number of methoxy groups -OCH3 is 1. The molecule has 0 spiro atoms. The molecule has 0 heterocycles. The first-order valence-electron chi connectivity index (χ1n) is 6.55. The number of anilines is 1. The molecule has 2 rings (SSSR count). The van der Waals surface area contributed by atoms with Crippen LogP contribution in [0.2, 0.25) is 0 Å². The van der Waals surface area contributed by atoms with E-state index in [2.05, 4.69) is 10.1 Å². The molecule has 1 aliphatic carbocycles. The van der Waals surface area contributed by atoms with E-state index in [-0.39, 0.29) is 5.75 Å². The van der Waals surface area contributed by atoms with Gasteiger partial charge >= 0.3 is 6.61 Å². The van der Waals surface area contributed by atoms with E-state index in [0.717, 1.165) is 12.2 Å². The van der Waals surface area contributed by atoms with Crippen LogP contribution < -0.4 is 14.8 Å². The lowest BCUT2D eigenvalue weighted by molar-refractivity contribution is -0.0511. The van der Waals surface area contributed by atoms with Crippen LogP contribution in [0.4, 0.5) is 14.5 Å². The molecule has 0 unspecified atom stereocenters. The summed E-state index contributed by atoms with van der Waals surface area (Å²) in [5, 5.41) is 3.27. The highest BCUT2D eigenvalue weighted by Crippen LogP contribution is 2.32. The molecule has 1 aromatic rings. The molecule has 0 bridgehead atoms. The predicted octanol–water partition coefficient (Wildman–Crippen LogP) is 3.90. The summed E-state index contributed by atoms with van der Waals surface area (Å²) in [6.07, 6.45) is 5.05. The highest BCUT2D eigenvalue weighted by Gasteiger charge is 2.15. The summed E-state index contributed by atoms with van der Waals surface area (Å²) >= 11 is 0. The third-order valence-electron chi connectivity index (χ3n) is 3.45. The van der Waals surface area contributed by atoms with Gasteiger partial charge in [0.2, 0.25) is 0 Å². The largest absolute Gasteiger partial charge is 0.493 e. The second kappa shape index (κ2) is 6.59. The summed E-state index contributed by atoms with van der Waals surface area (Å²) in [6.45, 7) is -1.97. The van der Waals surface area contributed by atoms with Gasteiger partial charge in [-0.25, -0.2) is 0 Å². The quantitative estimate of drug-likeness (QED) is 0.851. The van der Waals surface area contributed by atoms with E-state index in [1.54, 1.807) is 12.1 Å². The van der Waals surface area contributed by atoms with E-state index in [4.69, 9.17) is 4.74 Å². The molecule has 1 aromatic carbocycles. The van der Waals surface area contributed by atoms with Crippen molar-refractivity contribution in [3.63, 3.8) is 0 Å². The van der Waals surface area contributed by atoms with Crippen LogP contribution in [0.3, 0.4) is 0 Å². The Kier molecular flexibility index (Phi) is 4.82. The summed E-state index contributed by atoms with van der Waals surface area (Å²) in [7, 11) is 1.43. The minimum atomic E-state index is -2.85. The molecule has 1 aliphatic rings. The molecule has 0 aliphatic heterocycles. The number of hydrogen-bond donors (Lipinski definition) is 1. The lowest BCUT2D eigenvalue weighted by Crippen LogP contribution is -2.11. The van der Waals surface area contributed by atoms with Gasteiger partial charge < -0.3 is 14.8 Å². The van der Waals surface area contributed by atoms with Crippen molar-refractivity contribution < 1.29 is 18.3 Å². The number of benzene rings is 1. The molecular formula is C14H19F2NO2. The Morgan fingerprint density at radius 1 is 1.26 bits per heavy atom. The average molecular weight is 271 g/mol. The number of ether oxygens (including phenoxy) is 2. The van der Waals surface area contributed by atoms with Gasteiger partial charge in [0.05, 0.1) is 7.11 Å². The van der Waals surface area contributed by atoms with Gasteiger partial charge in [-0.1, -0.05) is 12.8 Å². The molecule has 0 atom stereocenters. The third kappa shape index (κ3) is 3.98. The number of rotatable bonds is 6.